The second-order valence-electron chi connectivity index (χ2n) is 5.25. The molecule has 1 saturated carbocycles. The third kappa shape index (κ3) is 1.83. The highest BCUT2D eigenvalue weighted by atomic mass is 79.9. The van der Waals surface area contributed by atoms with Gasteiger partial charge < -0.3 is 10.6 Å². The van der Waals surface area contributed by atoms with Gasteiger partial charge in [-0.3, -0.25) is 4.99 Å². The third-order valence-corrected chi connectivity index (χ3v) is 4.79. The Balaban J connectivity index is 2.01. The molecule has 0 aromatic heterocycles. The zero-order valence-electron chi connectivity index (χ0n) is 10.4. The van der Waals surface area contributed by atoms with Crippen LogP contribution in [-0.2, 0) is 0 Å². The molecule has 0 saturated heterocycles. The van der Waals surface area contributed by atoms with Gasteiger partial charge >= 0.3 is 0 Å². The summed E-state index contributed by atoms with van der Waals surface area (Å²) in [6.45, 7) is 0.847. The van der Waals surface area contributed by atoms with E-state index in [1.165, 1.54) is 32.1 Å². The van der Waals surface area contributed by atoms with Crippen molar-refractivity contribution in [2.75, 3.05) is 11.4 Å². The Hall–Kier alpha value is -1.03. The number of aliphatic imine (C=N–C) groups is 1. The number of halogens is 1. The molecule has 0 atom stereocenters. The van der Waals surface area contributed by atoms with Gasteiger partial charge in [0.1, 0.15) is 0 Å². The summed E-state index contributed by atoms with van der Waals surface area (Å²) in [5.74, 6) is 0.670. The Morgan fingerprint density at radius 1 is 1.17 bits per heavy atom. The van der Waals surface area contributed by atoms with Crippen LogP contribution in [0.1, 0.15) is 32.1 Å². The van der Waals surface area contributed by atoms with Crippen molar-refractivity contribution in [2.24, 2.45) is 10.7 Å². The van der Waals surface area contributed by atoms with Crippen molar-refractivity contribution < 1.29 is 0 Å². The molecule has 3 nitrogen and oxygen atoms in total. The highest BCUT2D eigenvalue weighted by Crippen LogP contribution is 2.41. The first-order valence-electron chi connectivity index (χ1n) is 6.58. The van der Waals surface area contributed by atoms with Crippen molar-refractivity contribution in [3.8, 4) is 0 Å². The Morgan fingerprint density at radius 3 is 2.61 bits per heavy atom. The topological polar surface area (TPSA) is 41.6 Å². The Kier molecular flexibility index (Phi) is 3.06. The molecule has 18 heavy (non-hydrogen) atoms. The Morgan fingerprint density at radius 2 is 1.89 bits per heavy atom. The SMILES string of the molecule is NC1=NCC2(CCCCC2)N1c1ccccc1Br. The summed E-state index contributed by atoms with van der Waals surface area (Å²) in [5.41, 5.74) is 7.42. The lowest BCUT2D eigenvalue weighted by molar-refractivity contribution is 0.317. The third-order valence-electron chi connectivity index (χ3n) is 4.12. The average molecular weight is 308 g/mol. The van der Waals surface area contributed by atoms with Gasteiger partial charge in [0.05, 0.1) is 17.8 Å². The number of hydrogen-bond acceptors (Lipinski definition) is 3. The molecule has 0 unspecified atom stereocenters. The van der Waals surface area contributed by atoms with Crippen molar-refractivity contribution in [1.82, 2.24) is 0 Å². The molecule has 2 N–H and O–H groups in total. The summed E-state index contributed by atoms with van der Waals surface area (Å²) in [5, 5.41) is 0. The molecular formula is C14H18BrN3. The van der Waals surface area contributed by atoms with E-state index in [1.54, 1.807) is 0 Å². The second-order valence-corrected chi connectivity index (χ2v) is 6.10. The lowest BCUT2D eigenvalue weighted by Gasteiger charge is -2.42. The fraction of sp³-hybridized carbons (Fsp3) is 0.500. The van der Waals surface area contributed by atoms with Gasteiger partial charge in [-0.25, -0.2) is 0 Å². The van der Waals surface area contributed by atoms with E-state index in [1.807, 2.05) is 6.07 Å². The van der Waals surface area contributed by atoms with Crippen LogP contribution in [-0.4, -0.2) is 18.0 Å². The van der Waals surface area contributed by atoms with Gasteiger partial charge in [0, 0.05) is 4.47 Å². The van der Waals surface area contributed by atoms with E-state index in [2.05, 4.69) is 44.0 Å². The standard InChI is InChI=1S/C14H18BrN3/c15-11-6-2-3-7-12(11)18-13(16)17-10-14(18)8-4-1-5-9-14/h2-3,6-7H,1,4-5,8-10H2,(H2,16,17). The van der Waals surface area contributed by atoms with Crippen molar-refractivity contribution in [3.05, 3.63) is 28.7 Å². The number of anilines is 1. The number of rotatable bonds is 1. The first kappa shape index (κ1) is 12.0. The molecule has 1 aliphatic carbocycles. The zero-order valence-corrected chi connectivity index (χ0v) is 12.0. The summed E-state index contributed by atoms with van der Waals surface area (Å²) in [4.78, 5) is 6.77. The van der Waals surface area contributed by atoms with E-state index in [0.29, 0.717) is 5.96 Å². The number of para-hydroxylation sites is 1. The van der Waals surface area contributed by atoms with Crippen LogP contribution in [0, 0.1) is 0 Å². The number of nitrogens with two attached hydrogens (primary N) is 1. The molecule has 1 heterocycles. The molecule has 0 amide bonds. The average Bonchev–Trinajstić information content (AvgIpc) is 2.69. The molecule has 0 radical (unpaired) electrons. The maximum absolute atomic E-state index is 6.14. The molecule has 1 aliphatic heterocycles. The highest BCUT2D eigenvalue weighted by Gasteiger charge is 2.44. The summed E-state index contributed by atoms with van der Waals surface area (Å²) in [6.07, 6.45) is 6.29. The molecule has 96 valence electrons. The van der Waals surface area contributed by atoms with Crippen molar-refractivity contribution in [1.29, 1.82) is 0 Å². The lowest BCUT2D eigenvalue weighted by atomic mass is 9.80. The molecule has 1 aromatic rings. The van der Waals surface area contributed by atoms with Crippen molar-refractivity contribution >= 4 is 27.6 Å². The summed E-state index contributed by atoms with van der Waals surface area (Å²) in [7, 11) is 0. The molecule has 1 fully saturated rings. The predicted molar refractivity (Wildman–Crippen MR) is 78.9 cm³/mol. The molecule has 1 aromatic carbocycles. The lowest BCUT2D eigenvalue weighted by Crippen LogP contribution is -2.53. The molecule has 1 spiro atoms. The van der Waals surface area contributed by atoms with Gasteiger partial charge in [-0.05, 0) is 40.9 Å². The van der Waals surface area contributed by atoms with E-state index in [0.717, 1.165) is 16.7 Å². The van der Waals surface area contributed by atoms with Gasteiger partial charge in [0.15, 0.2) is 5.96 Å². The van der Waals surface area contributed by atoms with Gasteiger partial charge in [0.25, 0.3) is 0 Å². The maximum Gasteiger partial charge on any atom is 0.196 e. The van der Waals surface area contributed by atoms with E-state index in [4.69, 9.17) is 5.73 Å². The van der Waals surface area contributed by atoms with Crippen LogP contribution in [0.2, 0.25) is 0 Å². The highest BCUT2D eigenvalue weighted by molar-refractivity contribution is 9.10. The predicted octanol–water partition coefficient (Wildman–Crippen LogP) is 3.29. The van der Waals surface area contributed by atoms with Crippen LogP contribution in [0.5, 0.6) is 0 Å². The van der Waals surface area contributed by atoms with Crippen LogP contribution in [0.3, 0.4) is 0 Å². The smallest absolute Gasteiger partial charge is 0.196 e. The van der Waals surface area contributed by atoms with Gasteiger partial charge in [0.2, 0.25) is 0 Å². The number of benzene rings is 1. The minimum absolute atomic E-state index is 0.131. The maximum atomic E-state index is 6.14. The molecule has 3 rings (SSSR count). The summed E-state index contributed by atoms with van der Waals surface area (Å²) in [6, 6.07) is 8.28. The zero-order chi connectivity index (χ0) is 12.6. The fourth-order valence-corrected chi connectivity index (χ4v) is 3.68. The van der Waals surface area contributed by atoms with Crippen molar-refractivity contribution in [2.45, 2.75) is 37.6 Å². The van der Waals surface area contributed by atoms with E-state index in [9.17, 15) is 0 Å². The first-order chi connectivity index (χ1) is 8.73. The van der Waals surface area contributed by atoms with Gasteiger partial charge in [-0.1, -0.05) is 31.4 Å². The monoisotopic (exact) mass is 307 g/mol. The first-order valence-corrected chi connectivity index (χ1v) is 7.37. The minimum atomic E-state index is 0.131. The minimum Gasteiger partial charge on any atom is -0.369 e. The molecule has 0 bridgehead atoms. The number of hydrogen-bond donors (Lipinski definition) is 1. The van der Waals surface area contributed by atoms with E-state index >= 15 is 0 Å². The summed E-state index contributed by atoms with van der Waals surface area (Å²) < 4.78 is 1.09. The van der Waals surface area contributed by atoms with Gasteiger partial charge in [-0.2, -0.15) is 0 Å². The van der Waals surface area contributed by atoms with E-state index in [-0.39, 0.29) is 5.54 Å². The van der Waals surface area contributed by atoms with Crippen LogP contribution >= 0.6 is 15.9 Å². The van der Waals surface area contributed by atoms with Crippen molar-refractivity contribution in [3.63, 3.8) is 0 Å². The number of guanidine groups is 1. The van der Waals surface area contributed by atoms with Crippen LogP contribution in [0.15, 0.2) is 33.7 Å². The van der Waals surface area contributed by atoms with Gasteiger partial charge in [-0.15, -0.1) is 0 Å². The molecule has 4 heteroatoms. The molecular weight excluding hydrogens is 290 g/mol. The Bertz CT molecular complexity index is 478. The molecule has 2 aliphatic rings. The second kappa shape index (κ2) is 4.57. The van der Waals surface area contributed by atoms with Crippen LogP contribution in [0.25, 0.3) is 0 Å². The van der Waals surface area contributed by atoms with Crippen LogP contribution in [0.4, 0.5) is 5.69 Å². The largest absolute Gasteiger partial charge is 0.369 e. The fourth-order valence-electron chi connectivity index (χ4n) is 3.22. The van der Waals surface area contributed by atoms with Crippen LogP contribution < -0.4 is 10.6 Å². The summed E-state index contributed by atoms with van der Waals surface area (Å²) >= 11 is 3.63. The number of nitrogens with zero attached hydrogens (tertiary/aromatic N) is 2. The normalized spacial score (nSPS) is 22.3. The van der Waals surface area contributed by atoms with E-state index < -0.39 is 0 Å². The Labute approximate surface area is 116 Å². The quantitative estimate of drug-likeness (QED) is 0.865.